The van der Waals surface area contributed by atoms with Crippen LogP contribution in [0.5, 0.6) is 5.75 Å². The fourth-order valence-electron chi connectivity index (χ4n) is 1.48. The lowest BCUT2D eigenvalue weighted by Crippen LogP contribution is -2.01. The topological polar surface area (TPSA) is 64.7 Å². The molecule has 2 rings (SSSR count). The molecule has 0 unspecified atom stereocenters. The van der Waals surface area contributed by atoms with Gasteiger partial charge in [-0.2, -0.15) is 4.99 Å². The minimum atomic E-state index is -0.322. The summed E-state index contributed by atoms with van der Waals surface area (Å²) >= 11 is 4.55. The monoisotopic (exact) mass is 338 g/mol. The highest BCUT2D eigenvalue weighted by Gasteiger charge is 2.20. The highest BCUT2D eigenvalue weighted by molar-refractivity contribution is 9.10. The van der Waals surface area contributed by atoms with Crippen molar-refractivity contribution in [3.8, 4) is 5.75 Å². The molecule has 0 aliphatic carbocycles. The number of hydrogen-bond donors (Lipinski definition) is 1. The number of nitrogens with zero attached hydrogens (tertiary/aromatic N) is 1. The Labute approximate surface area is 123 Å². The summed E-state index contributed by atoms with van der Waals surface area (Å²) in [4.78, 5) is 15.7. The SMILES string of the molecule is C=CCOc1ccc(Br)cc1/C=C1/SC(N)=NC1=O. The first-order valence-electron chi connectivity index (χ1n) is 5.41. The molecule has 0 fully saturated rings. The van der Waals surface area contributed by atoms with Crippen LogP contribution in [0.25, 0.3) is 6.08 Å². The van der Waals surface area contributed by atoms with Gasteiger partial charge >= 0.3 is 0 Å². The van der Waals surface area contributed by atoms with E-state index >= 15 is 0 Å². The minimum Gasteiger partial charge on any atom is -0.489 e. The molecule has 4 nitrogen and oxygen atoms in total. The molecule has 0 bridgehead atoms. The van der Waals surface area contributed by atoms with Crippen molar-refractivity contribution < 1.29 is 9.53 Å². The van der Waals surface area contributed by atoms with E-state index in [9.17, 15) is 4.79 Å². The van der Waals surface area contributed by atoms with E-state index in [1.54, 1.807) is 12.2 Å². The molecule has 1 amide bonds. The van der Waals surface area contributed by atoms with E-state index in [4.69, 9.17) is 10.5 Å². The minimum absolute atomic E-state index is 0.264. The number of amides is 1. The van der Waals surface area contributed by atoms with Crippen LogP contribution in [0.15, 0.2) is 45.2 Å². The number of rotatable bonds is 4. The molecule has 0 aromatic heterocycles. The molecule has 0 saturated carbocycles. The van der Waals surface area contributed by atoms with Crippen molar-refractivity contribution in [2.24, 2.45) is 10.7 Å². The molecular formula is C13H11BrN2O2S. The van der Waals surface area contributed by atoms with E-state index in [-0.39, 0.29) is 11.1 Å². The number of halogens is 1. The van der Waals surface area contributed by atoms with Gasteiger partial charge in [-0.05, 0) is 36.0 Å². The van der Waals surface area contributed by atoms with Gasteiger partial charge in [-0.25, -0.2) is 0 Å². The van der Waals surface area contributed by atoms with Gasteiger partial charge < -0.3 is 10.5 Å². The number of hydrogen-bond acceptors (Lipinski definition) is 4. The largest absolute Gasteiger partial charge is 0.489 e. The number of carbonyl (C=O) groups is 1. The van der Waals surface area contributed by atoms with Gasteiger partial charge in [-0.1, -0.05) is 28.6 Å². The van der Waals surface area contributed by atoms with Gasteiger partial charge in [-0.15, -0.1) is 0 Å². The molecule has 2 N–H and O–H groups in total. The Morgan fingerprint density at radius 1 is 1.53 bits per heavy atom. The first kappa shape index (κ1) is 13.9. The third-order valence-corrected chi connectivity index (χ3v) is 3.56. The number of amidine groups is 1. The molecule has 0 spiro atoms. The van der Waals surface area contributed by atoms with E-state index in [1.165, 1.54) is 0 Å². The van der Waals surface area contributed by atoms with Crippen molar-refractivity contribution in [2.75, 3.05) is 6.61 Å². The summed E-state index contributed by atoms with van der Waals surface area (Å²) < 4.78 is 6.44. The average molecular weight is 339 g/mol. The lowest BCUT2D eigenvalue weighted by atomic mass is 10.2. The molecule has 1 aromatic rings. The van der Waals surface area contributed by atoms with Crippen LogP contribution in [0.1, 0.15) is 5.56 Å². The van der Waals surface area contributed by atoms with Crippen molar-refractivity contribution in [1.29, 1.82) is 0 Å². The van der Waals surface area contributed by atoms with E-state index in [2.05, 4.69) is 27.5 Å². The maximum atomic E-state index is 11.6. The molecule has 0 saturated heterocycles. The van der Waals surface area contributed by atoms with Gasteiger partial charge in [0, 0.05) is 10.0 Å². The highest BCUT2D eigenvalue weighted by Crippen LogP contribution is 2.31. The summed E-state index contributed by atoms with van der Waals surface area (Å²) in [6.45, 7) is 4.01. The summed E-state index contributed by atoms with van der Waals surface area (Å²) in [5, 5.41) is 0.264. The first-order chi connectivity index (χ1) is 9.10. The Balaban J connectivity index is 2.33. The van der Waals surface area contributed by atoms with Gasteiger partial charge in [0.25, 0.3) is 5.91 Å². The molecule has 19 heavy (non-hydrogen) atoms. The molecule has 6 heteroatoms. The lowest BCUT2D eigenvalue weighted by Gasteiger charge is -2.08. The standard InChI is InChI=1S/C13H11BrN2O2S/c1-2-5-18-10-4-3-9(14)6-8(10)7-11-12(17)16-13(15)19-11/h2-4,6-7H,1,5H2,(H2,15,16,17)/b11-7+. The van der Waals surface area contributed by atoms with Crippen molar-refractivity contribution in [2.45, 2.75) is 0 Å². The van der Waals surface area contributed by atoms with Gasteiger partial charge in [0.15, 0.2) is 5.17 Å². The molecule has 1 heterocycles. The van der Waals surface area contributed by atoms with Crippen LogP contribution in [-0.2, 0) is 4.79 Å². The van der Waals surface area contributed by atoms with Gasteiger partial charge in [0.05, 0.1) is 4.91 Å². The highest BCUT2D eigenvalue weighted by atomic mass is 79.9. The third-order valence-electron chi connectivity index (χ3n) is 2.25. The van der Waals surface area contributed by atoms with Gasteiger partial charge in [0.1, 0.15) is 12.4 Å². The summed E-state index contributed by atoms with van der Waals surface area (Å²) in [6.07, 6.45) is 3.38. The third kappa shape index (κ3) is 3.48. The van der Waals surface area contributed by atoms with Crippen molar-refractivity contribution >= 4 is 44.8 Å². The van der Waals surface area contributed by atoms with Gasteiger partial charge in [0.2, 0.25) is 0 Å². The smallest absolute Gasteiger partial charge is 0.286 e. The van der Waals surface area contributed by atoms with Crippen LogP contribution in [-0.4, -0.2) is 17.7 Å². The Bertz CT molecular complexity index is 596. The first-order valence-corrected chi connectivity index (χ1v) is 7.02. The number of carbonyl (C=O) groups excluding carboxylic acids is 1. The van der Waals surface area contributed by atoms with Crippen molar-refractivity contribution in [3.05, 3.63) is 45.8 Å². The second-order valence-corrected chi connectivity index (χ2v) is 5.63. The predicted octanol–water partition coefficient (Wildman–Crippen LogP) is 2.94. The average Bonchev–Trinajstić information content (AvgIpc) is 2.67. The fourth-order valence-corrected chi connectivity index (χ4v) is 2.53. The molecular weight excluding hydrogens is 328 g/mol. The maximum Gasteiger partial charge on any atom is 0.286 e. The zero-order chi connectivity index (χ0) is 13.8. The van der Waals surface area contributed by atoms with Crippen LogP contribution < -0.4 is 10.5 Å². The second kappa shape index (κ2) is 6.08. The molecule has 0 radical (unpaired) electrons. The number of thioether (sulfide) groups is 1. The summed E-state index contributed by atoms with van der Waals surface area (Å²) in [7, 11) is 0. The zero-order valence-corrected chi connectivity index (χ0v) is 12.3. The Kier molecular flexibility index (Phi) is 4.44. The Hall–Kier alpha value is -1.53. The molecule has 98 valence electrons. The second-order valence-electron chi connectivity index (χ2n) is 3.65. The van der Waals surface area contributed by atoms with Crippen LogP contribution >= 0.6 is 27.7 Å². The summed E-state index contributed by atoms with van der Waals surface area (Å²) in [6, 6.07) is 5.57. The van der Waals surface area contributed by atoms with E-state index in [1.807, 2.05) is 18.2 Å². The zero-order valence-electron chi connectivity index (χ0n) is 9.93. The quantitative estimate of drug-likeness (QED) is 0.677. The normalized spacial score (nSPS) is 16.6. The fraction of sp³-hybridized carbons (Fsp3) is 0.0769. The summed E-state index contributed by atoms with van der Waals surface area (Å²) in [5.74, 6) is 0.353. The number of ether oxygens (including phenoxy) is 1. The van der Waals surface area contributed by atoms with Crippen LogP contribution in [0.4, 0.5) is 0 Å². The van der Waals surface area contributed by atoms with E-state index in [0.29, 0.717) is 17.3 Å². The Morgan fingerprint density at radius 3 is 2.95 bits per heavy atom. The number of aliphatic imine (C=N–C) groups is 1. The van der Waals surface area contributed by atoms with Gasteiger partial charge in [-0.3, -0.25) is 4.79 Å². The van der Waals surface area contributed by atoms with Crippen molar-refractivity contribution in [3.63, 3.8) is 0 Å². The predicted molar refractivity (Wildman–Crippen MR) is 82.0 cm³/mol. The van der Waals surface area contributed by atoms with Crippen LogP contribution in [0.3, 0.4) is 0 Å². The van der Waals surface area contributed by atoms with Crippen LogP contribution in [0.2, 0.25) is 0 Å². The van der Waals surface area contributed by atoms with Crippen LogP contribution in [0, 0.1) is 0 Å². The van der Waals surface area contributed by atoms with E-state index in [0.717, 1.165) is 21.8 Å². The summed E-state index contributed by atoms with van der Waals surface area (Å²) in [5.41, 5.74) is 6.30. The van der Waals surface area contributed by atoms with Crippen molar-refractivity contribution in [1.82, 2.24) is 0 Å². The lowest BCUT2D eigenvalue weighted by molar-refractivity contribution is -0.113. The molecule has 1 aliphatic rings. The number of nitrogens with two attached hydrogens (primary N) is 1. The molecule has 1 aliphatic heterocycles. The Morgan fingerprint density at radius 2 is 2.32 bits per heavy atom. The van der Waals surface area contributed by atoms with E-state index < -0.39 is 0 Å². The molecule has 1 aromatic carbocycles. The maximum absolute atomic E-state index is 11.6. The molecule has 0 atom stereocenters. The number of benzene rings is 1.